The van der Waals surface area contributed by atoms with Crippen LogP contribution in [0.2, 0.25) is 0 Å². The Bertz CT molecular complexity index is 425. The standard InChI is InChI=1S/C10H19N3O2S/c1-4-16(14,15)7-8(2)11-5-10-6-12-13-9(10)3/h6,8,11H,4-5,7H2,1-3H3,(H,12,13). The summed E-state index contributed by atoms with van der Waals surface area (Å²) in [5.41, 5.74) is 2.08. The van der Waals surface area contributed by atoms with Gasteiger partial charge in [-0.05, 0) is 13.8 Å². The van der Waals surface area contributed by atoms with E-state index in [1.165, 1.54) is 0 Å². The summed E-state index contributed by atoms with van der Waals surface area (Å²) >= 11 is 0. The third-order valence-electron chi connectivity index (χ3n) is 2.52. The van der Waals surface area contributed by atoms with E-state index in [4.69, 9.17) is 0 Å². The fourth-order valence-corrected chi connectivity index (χ4v) is 2.51. The fraction of sp³-hybridized carbons (Fsp3) is 0.700. The molecule has 6 heteroatoms. The third-order valence-corrected chi connectivity index (χ3v) is 4.41. The Hall–Kier alpha value is -0.880. The van der Waals surface area contributed by atoms with Gasteiger partial charge in [0.2, 0.25) is 0 Å². The number of aromatic nitrogens is 2. The van der Waals surface area contributed by atoms with Gasteiger partial charge in [0, 0.05) is 29.6 Å². The zero-order valence-electron chi connectivity index (χ0n) is 9.95. The number of aromatic amines is 1. The lowest BCUT2D eigenvalue weighted by Crippen LogP contribution is -2.33. The molecule has 92 valence electrons. The molecule has 0 spiro atoms. The molecule has 0 saturated carbocycles. The zero-order valence-corrected chi connectivity index (χ0v) is 10.8. The lowest BCUT2D eigenvalue weighted by molar-refractivity contribution is 0.556. The first kappa shape index (κ1) is 13.2. The van der Waals surface area contributed by atoms with Gasteiger partial charge in [0.15, 0.2) is 9.84 Å². The molecule has 0 aromatic carbocycles. The van der Waals surface area contributed by atoms with E-state index < -0.39 is 9.84 Å². The first-order valence-electron chi connectivity index (χ1n) is 5.37. The maximum Gasteiger partial charge on any atom is 0.151 e. The van der Waals surface area contributed by atoms with E-state index in [0.29, 0.717) is 6.54 Å². The van der Waals surface area contributed by atoms with Crippen molar-refractivity contribution in [2.45, 2.75) is 33.4 Å². The van der Waals surface area contributed by atoms with Crippen molar-refractivity contribution in [2.75, 3.05) is 11.5 Å². The average Bonchev–Trinajstić information content (AvgIpc) is 2.60. The van der Waals surface area contributed by atoms with Gasteiger partial charge in [-0.15, -0.1) is 0 Å². The molecule has 0 aliphatic carbocycles. The molecule has 5 nitrogen and oxygen atoms in total. The molecule has 0 fully saturated rings. The zero-order chi connectivity index (χ0) is 12.2. The van der Waals surface area contributed by atoms with Crippen LogP contribution in [0.5, 0.6) is 0 Å². The highest BCUT2D eigenvalue weighted by Gasteiger charge is 2.13. The van der Waals surface area contributed by atoms with Gasteiger partial charge in [-0.25, -0.2) is 8.42 Å². The number of aryl methyl sites for hydroxylation is 1. The van der Waals surface area contributed by atoms with Crippen LogP contribution >= 0.6 is 0 Å². The second-order valence-corrected chi connectivity index (χ2v) is 6.40. The van der Waals surface area contributed by atoms with Crippen molar-refractivity contribution in [3.8, 4) is 0 Å². The Morgan fingerprint density at radius 2 is 2.25 bits per heavy atom. The van der Waals surface area contributed by atoms with Gasteiger partial charge >= 0.3 is 0 Å². The lowest BCUT2D eigenvalue weighted by Gasteiger charge is -2.12. The minimum Gasteiger partial charge on any atom is -0.309 e. The van der Waals surface area contributed by atoms with E-state index in [-0.39, 0.29) is 17.5 Å². The van der Waals surface area contributed by atoms with E-state index in [9.17, 15) is 8.42 Å². The Kier molecular flexibility index (Phi) is 4.49. The van der Waals surface area contributed by atoms with E-state index in [2.05, 4.69) is 15.5 Å². The van der Waals surface area contributed by atoms with Crippen LogP contribution in [0.15, 0.2) is 6.20 Å². The molecule has 0 radical (unpaired) electrons. The molecule has 1 atom stereocenters. The van der Waals surface area contributed by atoms with Crippen LogP contribution in [0.1, 0.15) is 25.1 Å². The molecule has 1 aromatic heterocycles. The van der Waals surface area contributed by atoms with Gasteiger partial charge in [-0.3, -0.25) is 5.10 Å². The van der Waals surface area contributed by atoms with Crippen molar-refractivity contribution in [1.82, 2.24) is 15.5 Å². The normalized spacial score (nSPS) is 13.9. The molecule has 0 amide bonds. The summed E-state index contributed by atoms with van der Waals surface area (Å²) < 4.78 is 22.8. The summed E-state index contributed by atoms with van der Waals surface area (Å²) in [7, 11) is -2.91. The summed E-state index contributed by atoms with van der Waals surface area (Å²) in [6.45, 7) is 6.13. The van der Waals surface area contributed by atoms with E-state index in [1.54, 1.807) is 13.1 Å². The number of hydrogen-bond donors (Lipinski definition) is 2. The van der Waals surface area contributed by atoms with E-state index in [0.717, 1.165) is 11.3 Å². The molecule has 0 aliphatic heterocycles. The number of sulfone groups is 1. The Balaban J connectivity index is 2.42. The van der Waals surface area contributed by atoms with Crippen molar-refractivity contribution < 1.29 is 8.42 Å². The topological polar surface area (TPSA) is 74.8 Å². The Morgan fingerprint density at radius 1 is 1.56 bits per heavy atom. The number of nitrogens with zero attached hydrogens (tertiary/aromatic N) is 1. The maximum absolute atomic E-state index is 11.4. The van der Waals surface area contributed by atoms with Crippen LogP contribution in [0.4, 0.5) is 0 Å². The van der Waals surface area contributed by atoms with Crippen LogP contribution in [0.3, 0.4) is 0 Å². The number of H-pyrrole nitrogens is 1. The second kappa shape index (κ2) is 5.45. The Morgan fingerprint density at radius 3 is 2.75 bits per heavy atom. The minimum atomic E-state index is -2.91. The summed E-state index contributed by atoms with van der Waals surface area (Å²) in [6.07, 6.45) is 1.75. The summed E-state index contributed by atoms with van der Waals surface area (Å²) in [4.78, 5) is 0. The number of hydrogen-bond acceptors (Lipinski definition) is 4. The van der Waals surface area contributed by atoms with Gasteiger partial charge < -0.3 is 5.32 Å². The summed E-state index contributed by atoms with van der Waals surface area (Å²) in [5.74, 6) is 0.379. The first-order valence-corrected chi connectivity index (χ1v) is 7.19. The molecular weight excluding hydrogens is 226 g/mol. The molecule has 1 unspecified atom stereocenters. The van der Waals surface area contributed by atoms with E-state index >= 15 is 0 Å². The third kappa shape index (κ3) is 3.94. The van der Waals surface area contributed by atoms with Crippen LogP contribution in [0.25, 0.3) is 0 Å². The molecule has 1 heterocycles. The largest absolute Gasteiger partial charge is 0.309 e. The monoisotopic (exact) mass is 245 g/mol. The smallest absolute Gasteiger partial charge is 0.151 e. The molecular formula is C10H19N3O2S. The van der Waals surface area contributed by atoms with Gasteiger partial charge in [-0.1, -0.05) is 6.92 Å². The minimum absolute atomic E-state index is 0.0424. The van der Waals surface area contributed by atoms with Crippen molar-refractivity contribution in [1.29, 1.82) is 0 Å². The van der Waals surface area contributed by atoms with Crippen molar-refractivity contribution in [3.63, 3.8) is 0 Å². The average molecular weight is 245 g/mol. The fourth-order valence-electron chi connectivity index (χ4n) is 1.40. The van der Waals surface area contributed by atoms with Gasteiger partial charge in [0.05, 0.1) is 11.9 Å². The van der Waals surface area contributed by atoms with Gasteiger partial charge in [0.1, 0.15) is 0 Å². The highest BCUT2D eigenvalue weighted by Crippen LogP contribution is 2.03. The Labute approximate surface area is 96.6 Å². The van der Waals surface area contributed by atoms with Crippen molar-refractivity contribution >= 4 is 9.84 Å². The molecule has 0 saturated heterocycles. The predicted molar refractivity (Wildman–Crippen MR) is 64.0 cm³/mol. The van der Waals surface area contributed by atoms with Crippen LogP contribution in [-0.2, 0) is 16.4 Å². The maximum atomic E-state index is 11.4. The first-order chi connectivity index (χ1) is 7.44. The SMILES string of the molecule is CCS(=O)(=O)CC(C)NCc1cn[nH]c1C. The quantitative estimate of drug-likeness (QED) is 0.771. The van der Waals surface area contributed by atoms with Crippen LogP contribution in [-0.4, -0.2) is 36.2 Å². The summed E-state index contributed by atoms with van der Waals surface area (Å²) in [5, 5.41) is 9.93. The van der Waals surface area contributed by atoms with Crippen molar-refractivity contribution in [2.24, 2.45) is 0 Å². The summed E-state index contributed by atoms with van der Waals surface area (Å²) in [6, 6.07) is -0.0424. The highest BCUT2D eigenvalue weighted by atomic mass is 32.2. The van der Waals surface area contributed by atoms with Gasteiger partial charge in [0.25, 0.3) is 0 Å². The lowest BCUT2D eigenvalue weighted by atomic mass is 10.2. The second-order valence-electron chi connectivity index (χ2n) is 4.00. The van der Waals surface area contributed by atoms with Crippen molar-refractivity contribution in [3.05, 3.63) is 17.5 Å². The number of nitrogens with one attached hydrogen (secondary N) is 2. The molecule has 1 rings (SSSR count). The van der Waals surface area contributed by atoms with Crippen LogP contribution < -0.4 is 5.32 Å². The van der Waals surface area contributed by atoms with Gasteiger partial charge in [-0.2, -0.15) is 5.10 Å². The molecule has 2 N–H and O–H groups in total. The highest BCUT2D eigenvalue weighted by molar-refractivity contribution is 7.91. The van der Waals surface area contributed by atoms with E-state index in [1.807, 2.05) is 13.8 Å². The molecule has 0 aliphatic rings. The molecule has 1 aromatic rings. The molecule has 0 bridgehead atoms. The molecule has 16 heavy (non-hydrogen) atoms. The number of rotatable bonds is 6. The predicted octanol–water partition coefficient (Wildman–Crippen LogP) is 0.631. The van der Waals surface area contributed by atoms with Crippen LogP contribution in [0, 0.1) is 6.92 Å².